The molecule has 0 aliphatic heterocycles. The smallest absolute Gasteiger partial charge is 0.299 e. The van der Waals surface area contributed by atoms with Gasteiger partial charge in [0.15, 0.2) is 4.48 Å². The summed E-state index contributed by atoms with van der Waals surface area (Å²) in [5.41, 5.74) is 13.2. The Hall–Kier alpha value is -6.53. The second kappa shape index (κ2) is 18.5. The largest absolute Gasteiger partial charge is 0.396 e. The third-order valence-corrected chi connectivity index (χ3v) is 9.11. The quantitative estimate of drug-likeness (QED) is 0.1000. The molecule has 8 rings (SSSR count). The van der Waals surface area contributed by atoms with E-state index >= 15 is 4.39 Å². The van der Waals surface area contributed by atoms with Crippen molar-refractivity contribution in [3.05, 3.63) is 222 Å². The van der Waals surface area contributed by atoms with E-state index in [0.29, 0.717) is 10.0 Å². The number of allylic oxidation sites excluding steroid dienone is 6. The molecule has 0 unspecified atom stereocenters. The number of rotatable bonds is 6. The summed E-state index contributed by atoms with van der Waals surface area (Å²) in [4.78, 5) is 0. The maximum Gasteiger partial charge on any atom is 0.299 e. The normalized spacial score (nSPS) is 11.4. The van der Waals surface area contributed by atoms with E-state index in [1.165, 1.54) is 24.3 Å². The zero-order valence-electron chi connectivity index (χ0n) is 29.4. The highest BCUT2D eigenvalue weighted by Gasteiger charge is 2.16. The number of hydrogen-bond donors (Lipinski definition) is 2. The fraction of sp³-hybridized carbons (Fsp3) is 0. The van der Waals surface area contributed by atoms with Gasteiger partial charge in [-0.1, -0.05) is 133 Å². The van der Waals surface area contributed by atoms with Gasteiger partial charge >= 0.3 is 0 Å². The molecule has 7 aromatic rings. The van der Waals surface area contributed by atoms with E-state index in [1.54, 1.807) is 30.4 Å². The first-order chi connectivity index (χ1) is 26.8. The molecule has 0 amide bonds. The fourth-order valence-corrected chi connectivity index (χ4v) is 6.01. The SMILES string of the molecule is FC1=[C+]C=CC=C1Br.Fc1ccccc1Nc1c(F)cc(-c2ccccc2)cc1-c1ccccc1.Nc1c(F)cc(-c2ccccc2)cc1-c1ccccc1. The van der Waals surface area contributed by atoms with Gasteiger partial charge < -0.3 is 11.1 Å². The molecule has 0 radical (unpaired) electrons. The van der Waals surface area contributed by atoms with E-state index in [4.69, 9.17) is 5.73 Å². The second-order valence-electron chi connectivity index (χ2n) is 12.2. The predicted octanol–water partition coefficient (Wildman–Crippen LogP) is 14.3. The van der Waals surface area contributed by atoms with Crippen molar-refractivity contribution in [1.29, 1.82) is 0 Å². The zero-order chi connectivity index (χ0) is 38.6. The van der Waals surface area contributed by atoms with Crippen LogP contribution in [0.3, 0.4) is 0 Å². The average molecular weight is 795 g/mol. The Morgan fingerprint density at radius 2 is 0.927 bits per heavy atom. The summed E-state index contributed by atoms with van der Waals surface area (Å²) in [7, 11) is 0. The van der Waals surface area contributed by atoms with Gasteiger partial charge in [-0.2, -0.15) is 4.39 Å². The molecule has 0 bridgehead atoms. The fourth-order valence-electron chi connectivity index (χ4n) is 5.74. The van der Waals surface area contributed by atoms with Crippen LogP contribution in [0, 0.1) is 23.5 Å². The lowest BCUT2D eigenvalue weighted by atomic mass is 9.96. The van der Waals surface area contributed by atoms with Crippen molar-refractivity contribution in [2.45, 2.75) is 0 Å². The Morgan fingerprint density at radius 1 is 0.473 bits per heavy atom. The average Bonchev–Trinajstić information content (AvgIpc) is 3.23. The number of hydrogen-bond acceptors (Lipinski definition) is 2. The van der Waals surface area contributed by atoms with Gasteiger partial charge in [0.2, 0.25) is 0 Å². The van der Waals surface area contributed by atoms with Crippen LogP contribution < -0.4 is 11.1 Å². The van der Waals surface area contributed by atoms with Crippen molar-refractivity contribution in [3.63, 3.8) is 0 Å². The summed E-state index contributed by atoms with van der Waals surface area (Å²) in [6, 6.07) is 51.6. The van der Waals surface area contributed by atoms with Crippen LogP contribution in [0.5, 0.6) is 0 Å². The van der Waals surface area contributed by atoms with Gasteiger partial charge in [-0.25, -0.2) is 13.2 Å². The lowest BCUT2D eigenvalue weighted by Gasteiger charge is -2.16. The minimum Gasteiger partial charge on any atom is -0.396 e. The van der Waals surface area contributed by atoms with E-state index in [2.05, 4.69) is 27.3 Å². The maximum absolute atomic E-state index is 15.1. The summed E-state index contributed by atoms with van der Waals surface area (Å²) in [5, 5.41) is 2.94. The highest BCUT2D eigenvalue weighted by atomic mass is 79.9. The third kappa shape index (κ3) is 9.92. The molecule has 0 spiro atoms. The van der Waals surface area contributed by atoms with Crippen molar-refractivity contribution in [2.75, 3.05) is 11.1 Å². The Morgan fingerprint density at radius 3 is 1.42 bits per heavy atom. The first kappa shape index (κ1) is 38.2. The van der Waals surface area contributed by atoms with Crippen LogP contribution in [-0.4, -0.2) is 0 Å². The van der Waals surface area contributed by atoms with E-state index in [-0.39, 0.29) is 28.7 Å². The number of nitrogens with two attached hydrogens (primary N) is 1. The Bertz CT molecular complexity index is 2430. The molecule has 7 heteroatoms. The van der Waals surface area contributed by atoms with Gasteiger partial charge in [0, 0.05) is 33.1 Å². The van der Waals surface area contributed by atoms with Gasteiger partial charge in [0.25, 0.3) is 5.83 Å². The monoisotopic (exact) mass is 793 g/mol. The molecule has 2 nitrogen and oxygen atoms in total. The molecule has 0 heterocycles. The molecule has 1 aliphatic rings. The van der Waals surface area contributed by atoms with Crippen LogP contribution in [0.4, 0.5) is 34.6 Å². The number of anilines is 3. The highest BCUT2D eigenvalue weighted by Crippen LogP contribution is 2.38. The molecule has 0 aromatic heterocycles. The van der Waals surface area contributed by atoms with Crippen LogP contribution in [0.25, 0.3) is 44.5 Å². The summed E-state index contributed by atoms with van der Waals surface area (Å²) in [6.07, 6.45) is 7.26. The number of benzene rings is 7. The lowest BCUT2D eigenvalue weighted by Crippen LogP contribution is -2.00. The molecule has 7 aromatic carbocycles. The summed E-state index contributed by atoms with van der Waals surface area (Å²) >= 11 is 2.99. The first-order valence-corrected chi connectivity index (χ1v) is 18.1. The minimum absolute atomic E-state index is 0.191. The van der Waals surface area contributed by atoms with Gasteiger partial charge in [-0.15, -0.1) is 0 Å². The Labute approximate surface area is 326 Å². The number of nitrogens with one attached hydrogen (secondary N) is 1. The van der Waals surface area contributed by atoms with Gasteiger partial charge in [0.1, 0.15) is 23.5 Å². The van der Waals surface area contributed by atoms with E-state index in [0.717, 1.165) is 38.9 Å². The van der Waals surface area contributed by atoms with Crippen molar-refractivity contribution in [2.24, 2.45) is 0 Å². The summed E-state index contributed by atoms with van der Waals surface area (Å²) < 4.78 is 56.0. The first-order valence-electron chi connectivity index (χ1n) is 17.3. The molecule has 270 valence electrons. The van der Waals surface area contributed by atoms with Crippen molar-refractivity contribution in [3.8, 4) is 44.5 Å². The van der Waals surface area contributed by atoms with E-state index < -0.39 is 11.6 Å². The predicted molar refractivity (Wildman–Crippen MR) is 223 cm³/mol. The second-order valence-corrected chi connectivity index (χ2v) is 13.1. The van der Waals surface area contributed by atoms with Crippen LogP contribution >= 0.6 is 15.9 Å². The number of para-hydroxylation sites is 1. The number of nitrogen functional groups attached to an aromatic ring is 1. The van der Waals surface area contributed by atoms with E-state index in [1.807, 2.05) is 133 Å². The molecule has 55 heavy (non-hydrogen) atoms. The molecule has 0 fully saturated rings. The van der Waals surface area contributed by atoms with Crippen molar-refractivity contribution in [1.82, 2.24) is 0 Å². The third-order valence-electron chi connectivity index (χ3n) is 8.50. The Kier molecular flexibility index (Phi) is 12.8. The topological polar surface area (TPSA) is 38.0 Å². The lowest BCUT2D eigenvalue weighted by molar-refractivity contribution is 0.626. The summed E-state index contributed by atoms with van der Waals surface area (Å²) in [6.45, 7) is 0. The van der Waals surface area contributed by atoms with Gasteiger partial charge in [0.05, 0.1) is 29.2 Å². The highest BCUT2D eigenvalue weighted by molar-refractivity contribution is 9.12. The van der Waals surface area contributed by atoms with Crippen LogP contribution in [0.15, 0.2) is 198 Å². The van der Waals surface area contributed by atoms with E-state index in [9.17, 15) is 13.2 Å². The molecular weight excluding hydrogens is 760 g/mol. The zero-order valence-corrected chi connectivity index (χ0v) is 31.0. The van der Waals surface area contributed by atoms with Crippen LogP contribution in [-0.2, 0) is 0 Å². The van der Waals surface area contributed by atoms with Crippen molar-refractivity contribution < 1.29 is 17.6 Å². The van der Waals surface area contributed by atoms with Gasteiger partial charge in [-0.05, 0) is 69.8 Å². The standard InChI is InChI=1S/C24H17F2N.C18H14FN.C6H3BrF/c25-21-13-7-8-14-23(21)27-24-20(18-11-5-2-6-12-18)15-19(16-22(24)26)17-9-3-1-4-10-17;19-17-12-15(13-7-3-1-4-8-13)11-16(18(17)20)14-9-5-2-6-10-14;7-5-3-1-2-4-6(5)8/h1-16,27H;1-12H,20H2;1-3H/q;;+1. The molecule has 0 saturated carbocycles. The van der Waals surface area contributed by atoms with Crippen LogP contribution in [0.2, 0.25) is 0 Å². The van der Waals surface area contributed by atoms with Gasteiger partial charge in [-0.3, -0.25) is 0 Å². The number of halogens is 5. The minimum atomic E-state index is -0.432. The molecule has 1 aliphatic carbocycles. The molecule has 0 atom stereocenters. The van der Waals surface area contributed by atoms with Crippen LogP contribution in [0.1, 0.15) is 0 Å². The Balaban J connectivity index is 0.000000160. The molecule has 3 N–H and O–H groups in total. The molecule has 0 saturated heterocycles. The summed E-state index contributed by atoms with van der Waals surface area (Å²) in [5.74, 6) is -1.58. The van der Waals surface area contributed by atoms with Crippen molar-refractivity contribution >= 4 is 33.0 Å². The maximum atomic E-state index is 15.1. The molecular formula is C48H34BrF4N2+.